The lowest BCUT2D eigenvalue weighted by molar-refractivity contribution is 0.0981. The first-order chi connectivity index (χ1) is 14.9. The van der Waals surface area contributed by atoms with Gasteiger partial charge in [-0.25, -0.2) is 17.8 Å². The summed E-state index contributed by atoms with van der Waals surface area (Å²) >= 11 is 6.25. The number of benzene rings is 2. The van der Waals surface area contributed by atoms with Crippen LogP contribution in [0.1, 0.15) is 69.5 Å². The van der Waals surface area contributed by atoms with Crippen molar-refractivity contribution in [3.8, 4) is 5.69 Å². The third-order valence-corrected chi connectivity index (χ3v) is 7.93. The number of hydrogen-bond acceptors (Lipinski definition) is 4. The standard InChI is InChI=1S/C23H22ClN3O3S/c24-22(31(29,30)26-23(28)18-4-2-1-3-5-18)17-10-12-19(13-11-17)27-21(16-8-9-16)14-20(25-27)15-6-7-15/h1-5,10-16,22H,6-9H2,(H,26,28). The maximum absolute atomic E-state index is 12.6. The van der Waals surface area contributed by atoms with Crippen LogP contribution >= 0.6 is 11.6 Å². The highest BCUT2D eigenvalue weighted by atomic mass is 35.5. The molecule has 3 aromatic rings. The molecule has 31 heavy (non-hydrogen) atoms. The number of alkyl halides is 1. The molecule has 2 saturated carbocycles. The van der Waals surface area contributed by atoms with Gasteiger partial charge in [-0.1, -0.05) is 41.9 Å². The summed E-state index contributed by atoms with van der Waals surface area (Å²) in [6.07, 6.45) is 4.75. The second-order valence-corrected chi connectivity index (χ2v) is 10.7. The van der Waals surface area contributed by atoms with Crippen LogP contribution in [-0.2, 0) is 10.0 Å². The van der Waals surface area contributed by atoms with Crippen LogP contribution in [0.25, 0.3) is 5.69 Å². The molecule has 160 valence electrons. The molecule has 0 saturated heterocycles. The van der Waals surface area contributed by atoms with Gasteiger partial charge in [0.15, 0.2) is 4.71 Å². The van der Waals surface area contributed by atoms with Crippen molar-refractivity contribution in [2.45, 2.75) is 42.2 Å². The van der Waals surface area contributed by atoms with Crippen LogP contribution in [-0.4, -0.2) is 24.1 Å². The lowest BCUT2D eigenvalue weighted by Gasteiger charge is -2.14. The zero-order chi connectivity index (χ0) is 21.6. The molecule has 6 nitrogen and oxygen atoms in total. The molecule has 1 atom stereocenters. The summed E-state index contributed by atoms with van der Waals surface area (Å²) in [5.41, 5.74) is 3.89. The van der Waals surface area contributed by atoms with Gasteiger partial charge in [0.1, 0.15) is 0 Å². The number of aromatic nitrogens is 2. The van der Waals surface area contributed by atoms with Gasteiger partial charge in [0, 0.05) is 23.1 Å². The smallest absolute Gasteiger partial charge is 0.264 e. The van der Waals surface area contributed by atoms with Crippen molar-refractivity contribution in [3.63, 3.8) is 0 Å². The first kappa shape index (κ1) is 20.3. The molecule has 1 N–H and O–H groups in total. The van der Waals surface area contributed by atoms with Crippen LogP contribution in [0.15, 0.2) is 60.7 Å². The average Bonchev–Trinajstić information content (AvgIpc) is 3.72. The average molecular weight is 456 g/mol. The van der Waals surface area contributed by atoms with E-state index in [2.05, 4.69) is 10.8 Å². The van der Waals surface area contributed by atoms with Gasteiger partial charge < -0.3 is 0 Å². The number of carbonyl (C=O) groups is 1. The van der Waals surface area contributed by atoms with Gasteiger partial charge in [0.25, 0.3) is 15.9 Å². The minimum Gasteiger partial charge on any atom is -0.268 e. The van der Waals surface area contributed by atoms with Crippen LogP contribution in [0.3, 0.4) is 0 Å². The third kappa shape index (κ3) is 4.25. The quantitative estimate of drug-likeness (QED) is 0.527. The van der Waals surface area contributed by atoms with Gasteiger partial charge >= 0.3 is 0 Å². The Labute approximate surface area is 186 Å². The zero-order valence-electron chi connectivity index (χ0n) is 16.7. The Kier molecular flexibility index (Phi) is 5.10. The summed E-state index contributed by atoms with van der Waals surface area (Å²) in [4.78, 5) is 12.2. The number of carbonyl (C=O) groups excluding carboxylic acids is 1. The molecule has 2 aliphatic carbocycles. The molecule has 0 radical (unpaired) electrons. The van der Waals surface area contributed by atoms with Crippen molar-refractivity contribution in [1.82, 2.24) is 14.5 Å². The Hall–Kier alpha value is -2.64. The SMILES string of the molecule is O=C(NS(=O)(=O)C(Cl)c1ccc(-n2nc(C3CC3)cc2C2CC2)cc1)c1ccccc1. The van der Waals surface area contributed by atoms with E-state index in [0.29, 0.717) is 17.4 Å². The number of sulfonamides is 1. The monoisotopic (exact) mass is 455 g/mol. The molecule has 2 aromatic carbocycles. The van der Waals surface area contributed by atoms with Gasteiger partial charge in [-0.15, -0.1) is 0 Å². The lowest BCUT2D eigenvalue weighted by Crippen LogP contribution is -2.32. The van der Waals surface area contributed by atoms with Crippen LogP contribution in [0.4, 0.5) is 0 Å². The van der Waals surface area contributed by atoms with E-state index < -0.39 is 20.6 Å². The summed E-state index contributed by atoms with van der Waals surface area (Å²) in [6.45, 7) is 0. The molecule has 2 aliphatic rings. The molecule has 5 rings (SSSR count). The third-order valence-electron chi connectivity index (χ3n) is 5.69. The fourth-order valence-electron chi connectivity index (χ4n) is 3.65. The van der Waals surface area contributed by atoms with E-state index in [9.17, 15) is 13.2 Å². The highest BCUT2D eigenvalue weighted by Crippen LogP contribution is 2.45. The summed E-state index contributed by atoms with van der Waals surface area (Å²) in [6, 6.07) is 17.4. The normalized spacial score (nSPS) is 17.3. The molecule has 0 spiro atoms. The summed E-state index contributed by atoms with van der Waals surface area (Å²) in [7, 11) is -4.11. The molecule has 1 aromatic heterocycles. The molecule has 0 bridgehead atoms. The second kappa shape index (κ2) is 7.80. The van der Waals surface area contributed by atoms with E-state index in [1.165, 1.54) is 31.4 Å². The van der Waals surface area contributed by atoms with Crippen molar-refractivity contribution in [1.29, 1.82) is 0 Å². The minimum atomic E-state index is -4.11. The predicted octanol–water partition coefficient (Wildman–Crippen LogP) is 4.62. The first-order valence-electron chi connectivity index (χ1n) is 10.4. The summed E-state index contributed by atoms with van der Waals surface area (Å²) in [5.74, 6) is 0.415. The van der Waals surface area contributed by atoms with Crippen molar-refractivity contribution < 1.29 is 13.2 Å². The summed E-state index contributed by atoms with van der Waals surface area (Å²) in [5, 5.41) is 4.81. The van der Waals surface area contributed by atoms with E-state index >= 15 is 0 Å². The molecule has 8 heteroatoms. The molecule has 1 heterocycles. The molecular formula is C23H22ClN3O3S. The molecule has 2 fully saturated rings. The van der Waals surface area contributed by atoms with Gasteiger partial charge in [0.05, 0.1) is 11.4 Å². The maximum atomic E-state index is 12.6. The minimum absolute atomic E-state index is 0.253. The van der Waals surface area contributed by atoms with E-state index in [0.717, 1.165) is 11.4 Å². The fraction of sp³-hybridized carbons (Fsp3) is 0.304. The van der Waals surface area contributed by atoms with Crippen molar-refractivity contribution >= 4 is 27.5 Å². The van der Waals surface area contributed by atoms with Crippen molar-refractivity contribution in [2.24, 2.45) is 0 Å². The fourth-order valence-corrected chi connectivity index (χ4v) is 4.92. The van der Waals surface area contributed by atoms with E-state index in [1.807, 2.05) is 16.8 Å². The van der Waals surface area contributed by atoms with E-state index in [1.54, 1.807) is 42.5 Å². The van der Waals surface area contributed by atoms with Crippen LogP contribution in [0.5, 0.6) is 0 Å². The Balaban J connectivity index is 1.35. The van der Waals surface area contributed by atoms with Crippen LogP contribution in [0, 0.1) is 0 Å². The maximum Gasteiger partial charge on any atom is 0.264 e. The second-order valence-electron chi connectivity index (χ2n) is 8.20. The van der Waals surface area contributed by atoms with Gasteiger partial charge in [-0.2, -0.15) is 5.10 Å². The van der Waals surface area contributed by atoms with Crippen LogP contribution < -0.4 is 4.72 Å². The largest absolute Gasteiger partial charge is 0.268 e. The van der Waals surface area contributed by atoms with Gasteiger partial charge in [0.2, 0.25) is 0 Å². The van der Waals surface area contributed by atoms with E-state index in [-0.39, 0.29) is 5.56 Å². The number of nitrogens with one attached hydrogen (secondary N) is 1. The Morgan fingerprint density at radius 3 is 2.26 bits per heavy atom. The van der Waals surface area contributed by atoms with Gasteiger partial charge in [-0.3, -0.25) is 4.79 Å². The topological polar surface area (TPSA) is 81.1 Å². The predicted molar refractivity (Wildman–Crippen MR) is 119 cm³/mol. The first-order valence-corrected chi connectivity index (χ1v) is 12.4. The van der Waals surface area contributed by atoms with Crippen molar-refractivity contribution in [3.05, 3.63) is 83.2 Å². The Morgan fingerprint density at radius 1 is 1.00 bits per heavy atom. The highest BCUT2D eigenvalue weighted by Gasteiger charge is 2.33. The van der Waals surface area contributed by atoms with Gasteiger partial charge in [-0.05, 0) is 61.6 Å². The number of halogens is 1. The van der Waals surface area contributed by atoms with Crippen molar-refractivity contribution in [2.75, 3.05) is 0 Å². The Morgan fingerprint density at radius 2 is 1.65 bits per heavy atom. The zero-order valence-corrected chi connectivity index (χ0v) is 18.3. The van der Waals surface area contributed by atoms with Crippen LogP contribution in [0.2, 0.25) is 0 Å². The number of amides is 1. The molecular weight excluding hydrogens is 434 g/mol. The Bertz CT molecular complexity index is 1210. The number of hydrogen-bond donors (Lipinski definition) is 1. The molecule has 0 aliphatic heterocycles. The highest BCUT2D eigenvalue weighted by molar-refractivity contribution is 7.91. The number of rotatable bonds is 7. The van der Waals surface area contributed by atoms with E-state index in [4.69, 9.17) is 16.7 Å². The molecule has 1 amide bonds. The lowest BCUT2D eigenvalue weighted by atomic mass is 10.2. The number of nitrogens with zero attached hydrogens (tertiary/aromatic N) is 2. The molecule has 1 unspecified atom stereocenters. The summed E-state index contributed by atoms with van der Waals surface area (Å²) < 4.78 is 27.9.